The fourth-order valence-corrected chi connectivity index (χ4v) is 2.87. The zero-order chi connectivity index (χ0) is 14.2. The normalized spacial score (nSPS) is 21.5. The van der Waals surface area contributed by atoms with E-state index in [2.05, 4.69) is 5.10 Å². The lowest BCUT2D eigenvalue weighted by Crippen LogP contribution is -2.43. The molecule has 5 nitrogen and oxygen atoms in total. The second-order valence-corrected chi connectivity index (χ2v) is 5.63. The first-order valence-corrected chi connectivity index (χ1v) is 6.96. The summed E-state index contributed by atoms with van der Waals surface area (Å²) in [6.45, 7) is 4.87. The van der Waals surface area contributed by atoms with Crippen LogP contribution in [0.3, 0.4) is 0 Å². The van der Waals surface area contributed by atoms with E-state index in [1.807, 2.05) is 0 Å². The van der Waals surface area contributed by atoms with Crippen molar-refractivity contribution in [1.82, 2.24) is 14.7 Å². The Kier molecular flexibility index (Phi) is 4.16. The summed E-state index contributed by atoms with van der Waals surface area (Å²) < 4.78 is 1.51. The van der Waals surface area contributed by atoms with Crippen LogP contribution in [-0.4, -0.2) is 44.9 Å². The molecule has 0 bridgehead atoms. The van der Waals surface area contributed by atoms with Crippen LogP contribution < -0.4 is 0 Å². The maximum Gasteiger partial charge on any atom is 0.258 e. The Balaban J connectivity index is 2.19. The molecule has 2 heterocycles. The van der Waals surface area contributed by atoms with E-state index in [-0.39, 0.29) is 17.9 Å². The van der Waals surface area contributed by atoms with Gasteiger partial charge in [-0.15, -0.1) is 0 Å². The molecule has 1 N–H and O–H groups in total. The van der Waals surface area contributed by atoms with Gasteiger partial charge in [-0.3, -0.25) is 9.48 Å². The van der Waals surface area contributed by atoms with Gasteiger partial charge in [0.05, 0.1) is 17.4 Å². The Morgan fingerprint density at radius 3 is 2.79 bits per heavy atom. The molecule has 0 saturated carbocycles. The summed E-state index contributed by atoms with van der Waals surface area (Å²) in [6.07, 6.45) is 1.49. The van der Waals surface area contributed by atoms with Crippen LogP contribution in [-0.2, 0) is 7.05 Å². The number of hydrogen-bond donors (Lipinski definition) is 1. The quantitative estimate of drug-likeness (QED) is 0.898. The first-order chi connectivity index (χ1) is 8.91. The molecule has 6 heteroatoms. The molecule has 0 aromatic carbocycles. The molecule has 1 aliphatic heterocycles. The average Bonchev–Trinajstić information content (AvgIpc) is 2.62. The van der Waals surface area contributed by atoms with Crippen LogP contribution in [0.1, 0.15) is 35.8 Å². The smallest absolute Gasteiger partial charge is 0.258 e. The van der Waals surface area contributed by atoms with Crippen molar-refractivity contribution in [3.8, 4) is 0 Å². The summed E-state index contributed by atoms with van der Waals surface area (Å²) in [5, 5.41) is 14.2. The van der Waals surface area contributed by atoms with Crippen molar-refractivity contribution < 1.29 is 9.90 Å². The Labute approximate surface area is 118 Å². The number of carbonyl (C=O) groups is 1. The molecule has 1 aromatic heterocycles. The first kappa shape index (κ1) is 14.3. The summed E-state index contributed by atoms with van der Waals surface area (Å²) in [5.74, 6) is 0.0643. The summed E-state index contributed by atoms with van der Waals surface area (Å²) in [7, 11) is 1.72. The highest BCUT2D eigenvalue weighted by atomic mass is 35.5. The van der Waals surface area contributed by atoms with Crippen LogP contribution in [0, 0.1) is 12.8 Å². The van der Waals surface area contributed by atoms with E-state index in [1.54, 1.807) is 25.8 Å². The third-order valence-electron chi connectivity index (χ3n) is 3.79. The van der Waals surface area contributed by atoms with Crippen LogP contribution in [0.25, 0.3) is 0 Å². The minimum atomic E-state index is -0.388. The van der Waals surface area contributed by atoms with E-state index < -0.39 is 0 Å². The predicted molar refractivity (Wildman–Crippen MR) is 73.3 cm³/mol. The van der Waals surface area contributed by atoms with Crippen molar-refractivity contribution >= 4 is 17.5 Å². The predicted octanol–water partition coefficient (Wildman–Crippen LogP) is 1.61. The van der Waals surface area contributed by atoms with Crippen molar-refractivity contribution in [1.29, 1.82) is 0 Å². The van der Waals surface area contributed by atoms with Crippen molar-refractivity contribution in [2.45, 2.75) is 32.8 Å². The molecule has 2 unspecified atom stereocenters. The van der Waals surface area contributed by atoms with Gasteiger partial charge in [0.1, 0.15) is 5.15 Å². The van der Waals surface area contributed by atoms with Gasteiger partial charge >= 0.3 is 0 Å². The van der Waals surface area contributed by atoms with Gasteiger partial charge in [-0.25, -0.2) is 0 Å². The highest BCUT2D eigenvalue weighted by molar-refractivity contribution is 6.33. The third-order valence-corrected chi connectivity index (χ3v) is 4.23. The zero-order valence-electron chi connectivity index (χ0n) is 11.6. The standard InChI is InChI=1S/C13H20ClN3O2/c1-8-11(12(14)16(3)15-8)13(19)17-6-4-5-10(7-17)9(2)18/h9-10,18H,4-7H2,1-3H3. The first-order valence-electron chi connectivity index (χ1n) is 6.58. The van der Waals surface area contributed by atoms with Crippen molar-refractivity contribution in [3.63, 3.8) is 0 Å². The number of likely N-dealkylation sites (tertiary alicyclic amines) is 1. The molecule has 106 valence electrons. The second-order valence-electron chi connectivity index (χ2n) is 5.27. The van der Waals surface area contributed by atoms with Gasteiger partial charge in [-0.2, -0.15) is 5.10 Å². The number of piperidine rings is 1. The van der Waals surface area contributed by atoms with Gasteiger partial charge in [-0.05, 0) is 26.7 Å². The third kappa shape index (κ3) is 2.77. The van der Waals surface area contributed by atoms with E-state index in [0.717, 1.165) is 12.8 Å². The molecular weight excluding hydrogens is 266 g/mol. The van der Waals surface area contributed by atoms with Gasteiger partial charge < -0.3 is 10.0 Å². The summed E-state index contributed by atoms with van der Waals surface area (Å²) >= 11 is 6.13. The number of nitrogens with zero attached hydrogens (tertiary/aromatic N) is 3. The van der Waals surface area contributed by atoms with Crippen LogP contribution in [0.4, 0.5) is 0 Å². The number of amides is 1. The average molecular weight is 286 g/mol. The monoisotopic (exact) mass is 285 g/mol. The molecule has 1 aliphatic rings. The molecule has 1 fully saturated rings. The number of aliphatic hydroxyl groups excluding tert-OH is 1. The molecular formula is C13H20ClN3O2. The lowest BCUT2D eigenvalue weighted by Gasteiger charge is -2.34. The minimum absolute atomic E-state index is 0.0825. The van der Waals surface area contributed by atoms with Crippen molar-refractivity contribution in [3.05, 3.63) is 16.4 Å². The zero-order valence-corrected chi connectivity index (χ0v) is 12.3. The fraction of sp³-hybridized carbons (Fsp3) is 0.692. The number of halogens is 1. The van der Waals surface area contributed by atoms with Gasteiger partial charge in [0.15, 0.2) is 0 Å². The number of aliphatic hydroxyl groups is 1. The molecule has 1 saturated heterocycles. The molecule has 1 amide bonds. The van der Waals surface area contributed by atoms with E-state index in [1.165, 1.54) is 4.68 Å². The molecule has 0 spiro atoms. The number of hydrogen-bond acceptors (Lipinski definition) is 3. The van der Waals surface area contributed by atoms with E-state index in [0.29, 0.717) is 29.5 Å². The summed E-state index contributed by atoms with van der Waals surface area (Å²) in [5.41, 5.74) is 1.13. The van der Waals surface area contributed by atoms with E-state index in [9.17, 15) is 9.90 Å². The van der Waals surface area contributed by atoms with Gasteiger partial charge in [0.25, 0.3) is 5.91 Å². The highest BCUT2D eigenvalue weighted by Crippen LogP contribution is 2.25. The van der Waals surface area contributed by atoms with E-state index >= 15 is 0 Å². The van der Waals surface area contributed by atoms with Crippen LogP contribution in [0.2, 0.25) is 5.15 Å². The molecule has 2 rings (SSSR count). The Morgan fingerprint density at radius 2 is 2.26 bits per heavy atom. The summed E-state index contributed by atoms with van der Waals surface area (Å²) in [4.78, 5) is 14.3. The lowest BCUT2D eigenvalue weighted by molar-refractivity contribution is 0.0465. The van der Waals surface area contributed by atoms with Crippen molar-refractivity contribution in [2.24, 2.45) is 13.0 Å². The maximum absolute atomic E-state index is 12.5. The van der Waals surface area contributed by atoms with Gasteiger partial charge in [-0.1, -0.05) is 11.6 Å². The Hall–Kier alpha value is -1.07. The van der Waals surface area contributed by atoms with Crippen LogP contribution >= 0.6 is 11.6 Å². The number of rotatable bonds is 2. The molecule has 19 heavy (non-hydrogen) atoms. The SMILES string of the molecule is Cc1nn(C)c(Cl)c1C(=O)N1CCCC(C(C)O)C1. The van der Waals surface area contributed by atoms with Crippen LogP contribution in [0.5, 0.6) is 0 Å². The summed E-state index contributed by atoms with van der Waals surface area (Å²) in [6, 6.07) is 0. The molecule has 1 aromatic rings. The Bertz CT molecular complexity index is 484. The van der Waals surface area contributed by atoms with Gasteiger partial charge in [0.2, 0.25) is 0 Å². The topological polar surface area (TPSA) is 58.4 Å². The largest absolute Gasteiger partial charge is 0.393 e. The highest BCUT2D eigenvalue weighted by Gasteiger charge is 2.30. The molecule has 0 radical (unpaired) electrons. The lowest BCUT2D eigenvalue weighted by atomic mass is 9.93. The van der Waals surface area contributed by atoms with Crippen molar-refractivity contribution in [2.75, 3.05) is 13.1 Å². The second kappa shape index (κ2) is 5.51. The fourth-order valence-electron chi connectivity index (χ4n) is 2.62. The van der Waals surface area contributed by atoms with E-state index in [4.69, 9.17) is 11.6 Å². The number of carbonyl (C=O) groups excluding carboxylic acids is 1. The van der Waals surface area contributed by atoms with Gasteiger partial charge in [0, 0.05) is 26.1 Å². The Morgan fingerprint density at radius 1 is 1.58 bits per heavy atom. The maximum atomic E-state index is 12.5. The number of aryl methyl sites for hydroxylation is 2. The molecule has 2 atom stereocenters. The molecule has 0 aliphatic carbocycles. The number of aromatic nitrogens is 2. The van der Waals surface area contributed by atoms with Crippen LogP contribution in [0.15, 0.2) is 0 Å². The minimum Gasteiger partial charge on any atom is -0.393 e.